The Balaban J connectivity index is 2.45. The van der Waals surface area contributed by atoms with Gasteiger partial charge in [0.05, 0.1) is 0 Å². The summed E-state index contributed by atoms with van der Waals surface area (Å²) in [5.74, 6) is 0.560. The molecule has 0 bridgehead atoms. The topological polar surface area (TPSA) is 26.0 Å². The predicted molar refractivity (Wildman–Crippen MR) is 78.6 cm³/mol. The second-order valence-corrected chi connectivity index (χ2v) is 5.13. The van der Waals surface area contributed by atoms with Gasteiger partial charge in [-0.1, -0.05) is 50.2 Å². The standard InChI is InChI=1S/C17H21N/c1-12(2)14-5-4-6-15(9-14)16-8-7-13(3)17(10-16)11-18/h4-10,12H,11,18H2,1-3H3. The van der Waals surface area contributed by atoms with E-state index in [-0.39, 0.29) is 0 Å². The van der Waals surface area contributed by atoms with Crippen molar-refractivity contribution in [2.75, 3.05) is 0 Å². The van der Waals surface area contributed by atoms with Gasteiger partial charge in [0.15, 0.2) is 0 Å². The minimum absolute atomic E-state index is 0.560. The minimum Gasteiger partial charge on any atom is -0.326 e. The summed E-state index contributed by atoms with van der Waals surface area (Å²) >= 11 is 0. The molecular weight excluding hydrogens is 218 g/mol. The fourth-order valence-electron chi connectivity index (χ4n) is 2.15. The van der Waals surface area contributed by atoms with Gasteiger partial charge in [0.2, 0.25) is 0 Å². The van der Waals surface area contributed by atoms with E-state index in [1.165, 1.54) is 27.8 Å². The fraction of sp³-hybridized carbons (Fsp3) is 0.294. The van der Waals surface area contributed by atoms with E-state index in [1.807, 2.05) is 0 Å². The van der Waals surface area contributed by atoms with E-state index in [0.717, 1.165) is 0 Å². The highest BCUT2D eigenvalue weighted by molar-refractivity contribution is 5.65. The molecule has 0 saturated heterocycles. The largest absolute Gasteiger partial charge is 0.326 e. The maximum absolute atomic E-state index is 5.78. The Morgan fingerprint density at radius 1 is 1.00 bits per heavy atom. The molecule has 2 aromatic rings. The molecule has 18 heavy (non-hydrogen) atoms. The Morgan fingerprint density at radius 2 is 1.72 bits per heavy atom. The van der Waals surface area contributed by atoms with E-state index >= 15 is 0 Å². The zero-order valence-electron chi connectivity index (χ0n) is 11.4. The van der Waals surface area contributed by atoms with Crippen LogP contribution in [-0.2, 0) is 6.54 Å². The van der Waals surface area contributed by atoms with E-state index in [9.17, 15) is 0 Å². The summed E-state index contributed by atoms with van der Waals surface area (Å²) in [6.07, 6.45) is 0. The first-order chi connectivity index (χ1) is 8.61. The molecule has 0 spiro atoms. The van der Waals surface area contributed by atoms with Crippen LogP contribution < -0.4 is 5.73 Å². The molecule has 0 aliphatic heterocycles. The highest BCUT2D eigenvalue weighted by Gasteiger charge is 2.04. The van der Waals surface area contributed by atoms with Crippen molar-refractivity contribution >= 4 is 0 Å². The number of hydrogen-bond acceptors (Lipinski definition) is 1. The normalized spacial score (nSPS) is 10.9. The monoisotopic (exact) mass is 239 g/mol. The van der Waals surface area contributed by atoms with E-state index in [4.69, 9.17) is 5.73 Å². The van der Waals surface area contributed by atoms with E-state index in [1.54, 1.807) is 0 Å². The van der Waals surface area contributed by atoms with Gasteiger partial charge in [-0.3, -0.25) is 0 Å². The molecule has 0 aliphatic rings. The van der Waals surface area contributed by atoms with Crippen molar-refractivity contribution in [3.8, 4) is 11.1 Å². The van der Waals surface area contributed by atoms with Crippen molar-refractivity contribution in [1.82, 2.24) is 0 Å². The molecule has 0 heterocycles. The predicted octanol–water partition coefficient (Wildman–Crippen LogP) is 4.24. The molecule has 0 radical (unpaired) electrons. The summed E-state index contributed by atoms with van der Waals surface area (Å²) in [7, 11) is 0. The van der Waals surface area contributed by atoms with Gasteiger partial charge in [-0.2, -0.15) is 0 Å². The lowest BCUT2D eigenvalue weighted by molar-refractivity contribution is 0.867. The van der Waals surface area contributed by atoms with Crippen LogP contribution in [0.2, 0.25) is 0 Å². The molecular formula is C17H21N. The van der Waals surface area contributed by atoms with Crippen molar-refractivity contribution in [3.05, 3.63) is 59.2 Å². The van der Waals surface area contributed by atoms with Crippen molar-refractivity contribution in [2.45, 2.75) is 33.2 Å². The average molecular weight is 239 g/mol. The molecule has 0 atom stereocenters. The van der Waals surface area contributed by atoms with Gasteiger partial charge in [0, 0.05) is 6.54 Å². The van der Waals surface area contributed by atoms with E-state index in [0.29, 0.717) is 12.5 Å². The first-order valence-electron chi connectivity index (χ1n) is 6.51. The van der Waals surface area contributed by atoms with Crippen LogP contribution in [0.15, 0.2) is 42.5 Å². The van der Waals surface area contributed by atoms with Gasteiger partial charge in [-0.05, 0) is 46.7 Å². The number of aryl methyl sites for hydroxylation is 1. The number of hydrogen-bond donors (Lipinski definition) is 1. The first-order valence-corrected chi connectivity index (χ1v) is 6.51. The number of benzene rings is 2. The van der Waals surface area contributed by atoms with Crippen LogP contribution in [0.5, 0.6) is 0 Å². The van der Waals surface area contributed by atoms with Crippen LogP contribution in [0.25, 0.3) is 11.1 Å². The smallest absolute Gasteiger partial charge is 0.0180 e. The summed E-state index contributed by atoms with van der Waals surface area (Å²) in [5, 5.41) is 0. The van der Waals surface area contributed by atoms with Crippen LogP contribution in [0, 0.1) is 6.92 Å². The maximum Gasteiger partial charge on any atom is 0.0180 e. The Labute approximate surface area is 110 Å². The van der Waals surface area contributed by atoms with Crippen LogP contribution in [0.3, 0.4) is 0 Å². The quantitative estimate of drug-likeness (QED) is 0.851. The van der Waals surface area contributed by atoms with Gasteiger partial charge in [0.1, 0.15) is 0 Å². The number of nitrogens with two attached hydrogens (primary N) is 1. The molecule has 0 fully saturated rings. The third-order valence-electron chi connectivity index (χ3n) is 3.46. The molecule has 1 nitrogen and oxygen atoms in total. The SMILES string of the molecule is Cc1ccc(-c2cccc(C(C)C)c2)cc1CN. The molecule has 2 aromatic carbocycles. The molecule has 2 N–H and O–H groups in total. The lowest BCUT2D eigenvalue weighted by Crippen LogP contribution is -1.99. The van der Waals surface area contributed by atoms with Crippen LogP contribution in [0.1, 0.15) is 36.5 Å². The zero-order valence-corrected chi connectivity index (χ0v) is 11.4. The summed E-state index contributed by atoms with van der Waals surface area (Å²) in [6, 6.07) is 15.3. The lowest BCUT2D eigenvalue weighted by atomic mass is 9.95. The first kappa shape index (κ1) is 12.8. The molecule has 2 rings (SSSR count). The molecule has 0 unspecified atom stereocenters. The van der Waals surface area contributed by atoms with Gasteiger partial charge in [-0.25, -0.2) is 0 Å². The Bertz CT molecular complexity index is 541. The minimum atomic E-state index is 0.560. The Hall–Kier alpha value is -1.60. The molecule has 94 valence electrons. The van der Waals surface area contributed by atoms with Crippen molar-refractivity contribution in [1.29, 1.82) is 0 Å². The van der Waals surface area contributed by atoms with Crippen LogP contribution in [0.4, 0.5) is 0 Å². The van der Waals surface area contributed by atoms with Gasteiger partial charge < -0.3 is 5.73 Å². The zero-order chi connectivity index (χ0) is 13.1. The summed E-state index contributed by atoms with van der Waals surface area (Å²) in [6.45, 7) is 7.15. The summed E-state index contributed by atoms with van der Waals surface area (Å²) in [4.78, 5) is 0. The molecule has 0 aromatic heterocycles. The highest BCUT2D eigenvalue weighted by Crippen LogP contribution is 2.25. The van der Waals surface area contributed by atoms with Gasteiger partial charge >= 0.3 is 0 Å². The lowest BCUT2D eigenvalue weighted by Gasteiger charge is -2.10. The Kier molecular flexibility index (Phi) is 3.83. The third kappa shape index (κ3) is 2.62. The molecule has 0 saturated carbocycles. The maximum atomic E-state index is 5.78. The Morgan fingerprint density at radius 3 is 2.39 bits per heavy atom. The van der Waals surface area contributed by atoms with Crippen molar-refractivity contribution in [2.24, 2.45) is 5.73 Å². The van der Waals surface area contributed by atoms with Gasteiger partial charge in [-0.15, -0.1) is 0 Å². The molecule has 0 aliphatic carbocycles. The fourth-order valence-corrected chi connectivity index (χ4v) is 2.15. The summed E-state index contributed by atoms with van der Waals surface area (Å²) < 4.78 is 0. The van der Waals surface area contributed by atoms with Gasteiger partial charge in [0.25, 0.3) is 0 Å². The second kappa shape index (κ2) is 5.36. The molecule has 0 amide bonds. The number of rotatable bonds is 3. The van der Waals surface area contributed by atoms with Crippen LogP contribution >= 0.6 is 0 Å². The van der Waals surface area contributed by atoms with E-state index in [2.05, 4.69) is 63.2 Å². The summed E-state index contributed by atoms with van der Waals surface area (Å²) in [5.41, 5.74) is 12.2. The average Bonchev–Trinajstić information content (AvgIpc) is 2.39. The highest BCUT2D eigenvalue weighted by atomic mass is 14.5. The van der Waals surface area contributed by atoms with Crippen LogP contribution in [-0.4, -0.2) is 0 Å². The molecule has 1 heteroatoms. The van der Waals surface area contributed by atoms with E-state index < -0.39 is 0 Å². The van der Waals surface area contributed by atoms with Crippen molar-refractivity contribution in [3.63, 3.8) is 0 Å². The third-order valence-corrected chi connectivity index (χ3v) is 3.46. The van der Waals surface area contributed by atoms with Crippen molar-refractivity contribution < 1.29 is 0 Å². The second-order valence-electron chi connectivity index (χ2n) is 5.13.